The molecule has 1 aromatic heterocycles. The Labute approximate surface area is 112 Å². The number of urea groups is 1. The van der Waals surface area contributed by atoms with Crippen molar-refractivity contribution < 1.29 is 9.90 Å². The number of carbonyl (C=O) groups is 1. The molecule has 3 N–H and O–H groups in total. The first-order chi connectivity index (χ1) is 9.24. The first-order valence-electron chi connectivity index (χ1n) is 6.66. The van der Waals surface area contributed by atoms with Crippen LogP contribution in [0.5, 0.6) is 0 Å². The summed E-state index contributed by atoms with van der Waals surface area (Å²) in [6, 6.07) is -0.307. The molecule has 0 saturated heterocycles. The third-order valence-electron chi connectivity index (χ3n) is 3.68. The number of rotatable bonds is 4. The molecule has 0 aromatic carbocycles. The van der Waals surface area contributed by atoms with Crippen molar-refractivity contribution in [2.75, 3.05) is 18.5 Å². The van der Waals surface area contributed by atoms with Crippen molar-refractivity contribution in [3.8, 4) is 0 Å². The van der Waals surface area contributed by atoms with E-state index in [0.717, 1.165) is 25.7 Å². The Morgan fingerprint density at radius 1 is 1.32 bits per heavy atom. The number of amides is 2. The summed E-state index contributed by atoms with van der Waals surface area (Å²) < 4.78 is 0. The highest BCUT2D eigenvalue weighted by atomic mass is 16.3. The van der Waals surface area contributed by atoms with Gasteiger partial charge in [0.05, 0.1) is 12.8 Å². The van der Waals surface area contributed by atoms with E-state index in [9.17, 15) is 9.90 Å². The zero-order chi connectivity index (χ0) is 13.6. The smallest absolute Gasteiger partial charge is 0.320 e. The number of carbonyl (C=O) groups excluding carboxylic acids is 1. The topological polar surface area (TPSA) is 87.1 Å². The standard InChI is InChI=1S/C13H20N4O2/c18-10-13(4-2-1-3-5-13)9-16-12(19)17-11-8-14-6-7-15-11/h6-8,18H,1-5,9-10H2,(H2,15,16,17,19). The highest BCUT2D eigenvalue weighted by molar-refractivity contribution is 5.87. The van der Waals surface area contributed by atoms with Gasteiger partial charge in [0.25, 0.3) is 0 Å². The van der Waals surface area contributed by atoms with E-state index in [4.69, 9.17) is 0 Å². The maximum atomic E-state index is 11.7. The van der Waals surface area contributed by atoms with Crippen LogP contribution >= 0.6 is 0 Å². The minimum absolute atomic E-state index is 0.123. The van der Waals surface area contributed by atoms with Gasteiger partial charge in [0, 0.05) is 24.4 Å². The van der Waals surface area contributed by atoms with Gasteiger partial charge in [-0.1, -0.05) is 19.3 Å². The number of aliphatic hydroxyl groups is 1. The average molecular weight is 264 g/mol. The first-order valence-corrected chi connectivity index (χ1v) is 6.66. The van der Waals surface area contributed by atoms with Crippen molar-refractivity contribution in [3.05, 3.63) is 18.6 Å². The van der Waals surface area contributed by atoms with E-state index in [-0.39, 0.29) is 18.1 Å². The molecule has 19 heavy (non-hydrogen) atoms. The lowest BCUT2D eigenvalue weighted by Crippen LogP contribution is -2.43. The quantitative estimate of drug-likeness (QED) is 0.770. The van der Waals surface area contributed by atoms with Gasteiger partial charge in [-0.2, -0.15) is 0 Å². The van der Waals surface area contributed by atoms with Crippen LogP contribution in [-0.2, 0) is 0 Å². The summed E-state index contributed by atoms with van der Waals surface area (Å²) in [5, 5.41) is 15.0. The minimum Gasteiger partial charge on any atom is -0.396 e. The summed E-state index contributed by atoms with van der Waals surface area (Å²) in [7, 11) is 0. The van der Waals surface area contributed by atoms with Gasteiger partial charge in [-0.05, 0) is 12.8 Å². The molecule has 6 heteroatoms. The molecule has 2 amide bonds. The minimum atomic E-state index is -0.307. The SMILES string of the molecule is O=C(NCC1(CO)CCCCC1)Nc1cnccn1. The van der Waals surface area contributed by atoms with Gasteiger partial charge in [0.15, 0.2) is 5.82 Å². The molecule has 0 spiro atoms. The lowest BCUT2D eigenvalue weighted by atomic mass is 9.74. The van der Waals surface area contributed by atoms with Crippen LogP contribution in [0.3, 0.4) is 0 Å². The lowest BCUT2D eigenvalue weighted by Gasteiger charge is -2.35. The van der Waals surface area contributed by atoms with Crippen LogP contribution in [0.2, 0.25) is 0 Å². The normalized spacial score (nSPS) is 17.7. The fourth-order valence-corrected chi connectivity index (χ4v) is 2.48. The second-order valence-electron chi connectivity index (χ2n) is 5.12. The molecule has 2 rings (SSSR count). The average Bonchev–Trinajstić information content (AvgIpc) is 2.47. The maximum Gasteiger partial charge on any atom is 0.320 e. The molecule has 1 fully saturated rings. The molecule has 104 valence electrons. The van der Waals surface area contributed by atoms with Gasteiger partial charge >= 0.3 is 6.03 Å². The second kappa shape index (κ2) is 6.47. The monoisotopic (exact) mass is 264 g/mol. The van der Waals surface area contributed by atoms with Crippen molar-refractivity contribution >= 4 is 11.8 Å². The molecular weight excluding hydrogens is 244 g/mol. The highest BCUT2D eigenvalue weighted by Gasteiger charge is 2.31. The Hall–Kier alpha value is -1.69. The zero-order valence-corrected chi connectivity index (χ0v) is 10.9. The van der Waals surface area contributed by atoms with Gasteiger partial charge in [-0.25, -0.2) is 9.78 Å². The van der Waals surface area contributed by atoms with E-state index in [2.05, 4.69) is 20.6 Å². The summed E-state index contributed by atoms with van der Waals surface area (Å²) >= 11 is 0. The van der Waals surface area contributed by atoms with Crippen LogP contribution in [0, 0.1) is 5.41 Å². The number of nitrogens with one attached hydrogen (secondary N) is 2. The van der Waals surface area contributed by atoms with E-state index < -0.39 is 0 Å². The van der Waals surface area contributed by atoms with Crippen molar-refractivity contribution in [3.63, 3.8) is 0 Å². The van der Waals surface area contributed by atoms with Gasteiger partial charge in [0.1, 0.15) is 0 Å². The molecular formula is C13H20N4O2. The molecule has 1 saturated carbocycles. The van der Waals surface area contributed by atoms with E-state index in [1.165, 1.54) is 18.8 Å². The van der Waals surface area contributed by atoms with Gasteiger partial charge < -0.3 is 10.4 Å². The van der Waals surface area contributed by atoms with E-state index >= 15 is 0 Å². The van der Waals surface area contributed by atoms with E-state index in [1.807, 2.05) is 0 Å². The fourth-order valence-electron chi connectivity index (χ4n) is 2.48. The van der Waals surface area contributed by atoms with Crippen molar-refractivity contribution in [2.45, 2.75) is 32.1 Å². The number of aromatic nitrogens is 2. The summed E-state index contributed by atoms with van der Waals surface area (Å²) in [4.78, 5) is 19.6. The molecule has 0 radical (unpaired) electrons. The number of aliphatic hydroxyl groups excluding tert-OH is 1. The van der Waals surface area contributed by atoms with E-state index in [0.29, 0.717) is 12.4 Å². The molecule has 0 unspecified atom stereocenters. The summed E-state index contributed by atoms with van der Waals surface area (Å²) in [6.45, 7) is 0.619. The first kappa shape index (κ1) is 13.7. The van der Waals surface area contributed by atoms with Crippen LogP contribution < -0.4 is 10.6 Å². The van der Waals surface area contributed by atoms with Gasteiger partial charge in [0.2, 0.25) is 0 Å². The largest absolute Gasteiger partial charge is 0.396 e. The van der Waals surface area contributed by atoms with Crippen LogP contribution in [0.25, 0.3) is 0 Å². The number of nitrogens with zero attached hydrogens (tertiary/aromatic N) is 2. The molecule has 1 aliphatic carbocycles. The summed E-state index contributed by atoms with van der Waals surface area (Å²) in [5.41, 5.74) is -0.155. The lowest BCUT2D eigenvalue weighted by molar-refractivity contribution is 0.0840. The van der Waals surface area contributed by atoms with Crippen LogP contribution in [0.15, 0.2) is 18.6 Å². The Balaban J connectivity index is 1.82. The molecule has 0 aliphatic heterocycles. The number of hydrogen-bond acceptors (Lipinski definition) is 4. The van der Waals surface area contributed by atoms with Crippen LogP contribution in [0.4, 0.5) is 10.6 Å². The predicted octanol–water partition coefficient (Wildman–Crippen LogP) is 1.54. The molecule has 0 bridgehead atoms. The molecule has 1 aliphatic rings. The highest BCUT2D eigenvalue weighted by Crippen LogP contribution is 2.35. The summed E-state index contributed by atoms with van der Waals surface area (Å²) in [5.74, 6) is 0.418. The fraction of sp³-hybridized carbons (Fsp3) is 0.615. The van der Waals surface area contributed by atoms with Gasteiger partial charge in [-0.15, -0.1) is 0 Å². The molecule has 6 nitrogen and oxygen atoms in total. The molecule has 1 aromatic rings. The Morgan fingerprint density at radius 3 is 2.74 bits per heavy atom. The molecule has 0 atom stereocenters. The van der Waals surface area contributed by atoms with Crippen LogP contribution in [-0.4, -0.2) is 34.3 Å². The second-order valence-corrected chi connectivity index (χ2v) is 5.12. The van der Waals surface area contributed by atoms with Crippen LogP contribution in [0.1, 0.15) is 32.1 Å². The Kier molecular flexibility index (Phi) is 4.68. The predicted molar refractivity (Wildman–Crippen MR) is 71.7 cm³/mol. The van der Waals surface area contributed by atoms with Crippen molar-refractivity contribution in [1.82, 2.24) is 15.3 Å². The third-order valence-corrected chi connectivity index (χ3v) is 3.68. The zero-order valence-electron chi connectivity index (χ0n) is 10.9. The van der Waals surface area contributed by atoms with E-state index in [1.54, 1.807) is 6.20 Å². The molecule has 1 heterocycles. The maximum absolute atomic E-state index is 11.7. The number of anilines is 1. The Morgan fingerprint density at radius 2 is 2.11 bits per heavy atom. The Bertz CT molecular complexity index is 404. The van der Waals surface area contributed by atoms with Crippen molar-refractivity contribution in [1.29, 1.82) is 0 Å². The summed E-state index contributed by atoms with van der Waals surface area (Å²) in [6.07, 6.45) is 9.94. The third kappa shape index (κ3) is 3.89. The van der Waals surface area contributed by atoms with Gasteiger partial charge in [-0.3, -0.25) is 10.3 Å². The number of hydrogen-bond donors (Lipinski definition) is 3. The van der Waals surface area contributed by atoms with Crippen molar-refractivity contribution in [2.24, 2.45) is 5.41 Å².